The van der Waals surface area contributed by atoms with Crippen molar-refractivity contribution in [2.24, 2.45) is 0 Å². The number of halogens is 1. The van der Waals surface area contributed by atoms with Gasteiger partial charge in [0.15, 0.2) is 22.9 Å². The van der Waals surface area contributed by atoms with E-state index in [1.54, 1.807) is 35.2 Å². The van der Waals surface area contributed by atoms with E-state index in [0.29, 0.717) is 34.9 Å². The molecule has 1 atom stereocenters. The molecule has 7 heteroatoms. The molecule has 1 aliphatic heterocycles. The minimum absolute atomic E-state index is 0.337. The summed E-state index contributed by atoms with van der Waals surface area (Å²) in [6.45, 7) is 2.43. The van der Waals surface area contributed by atoms with Crippen LogP contribution in [0.3, 0.4) is 0 Å². The zero-order valence-corrected chi connectivity index (χ0v) is 17.6. The topological polar surface area (TPSA) is 76.1 Å². The molecular formula is C21H22BrNO5. The molecule has 148 valence electrons. The fourth-order valence-electron chi connectivity index (χ4n) is 3.48. The molecular weight excluding hydrogens is 426 g/mol. The van der Waals surface area contributed by atoms with Gasteiger partial charge >= 0.3 is 0 Å². The van der Waals surface area contributed by atoms with Crippen LogP contribution in [0.25, 0.3) is 0 Å². The van der Waals surface area contributed by atoms with E-state index in [2.05, 4.69) is 15.9 Å². The van der Waals surface area contributed by atoms with Gasteiger partial charge in [-0.15, -0.1) is 0 Å². The minimum Gasteiger partial charge on any atom is -0.493 e. The molecule has 0 bridgehead atoms. The average Bonchev–Trinajstić information content (AvgIpc) is 2.89. The largest absolute Gasteiger partial charge is 0.493 e. The standard InChI is InChI=1S/C21H22BrNO5/c1-4-9-23-16-7-6-14(22)11-15(16)21(26,20(23)25)12-17(24)13-5-8-18(27-2)19(10-13)28-3/h5-8,10-11,26H,4,9,12H2,1-3H3. The van der Waals surface area contributed by atoms with Crippen LogP contribution in [0, 0.1) is 0 Å². The lowest BCUT2D eigenvalue weighted by molar-refractivity contribution is -0.135. The zero-order valence-electron chi connectivity index (χ0n) is 16.0. The number of ketones is 1. The first-order valence-electron chi connectivity index (χ1n) is 8.95. The summed E-state index contributed by atoms with van der Waals surface area (Å²) in [5.74, 6) is 0.0734. The zero-order chi connectivity index (χ0) is 20.5. The van der Waals surface area contributed by atoms with Crippen LogP contribution in [-0.4, -0.2) is 37.6 Å². The highest BCUT2D eigenvalue weighted by atomic mass is 79.9. The summed E-state index contributed by atoms with van der Waals surface area (Å²) in [6.07, 6.45) is 0.381. The highest BCUT2D eigenvalue weighted by molar-refractivity contribution is 9.10. The Hall–Kier alpha value is -2.38. The highest BCUT2D eigenvalue weighted by Crippen LogP contribution is 2.44. The highest BCUT2D eigenvalue weighted by Gasteiger charge is 2.50. The van der Waals surface area contributed by atoms with Crippen LogP contribution < -0.4 is 14.4 Å². The van der Waals surface area contributed by atoms with Crippen LogP contribution in [0.1, 0.15) is 35.7 Å². The van der Waals surface area contributed by atoms with Crippen molar-refractivity contribution >= 4 is 33.3 Å². The molecule has 2 aromatic carbocycles. The number of carbonyl (C=O) groups excluding carboxylic acids is 2. The molecule has 1 amide bonds. The molecule has 1 aliphatic rings. The molecule has 28 heavy (non-hydrogen) atoms. The summed E-state index contributed by atoms with van der Waals surface area (Å²) in [5.41, 5.74) is -0.491. The Morgan fingerprint density at radius 2 is 1.86 bits per heavy atom. The lowest BCUT2D eigenvalue weighted by Gasteiger charge is -2.22. The number of anilines is 1. The Kier molecular flexibility index (Phi) is 5.76. The number of aliphatic hydroxyl groups is 1. The number of fused-ring (bicyclic) bond motifs is 1. The van der Waals surface area contributed by atoms with Crippen molar-refractivity contribution in [3.8, 4) is 11.5 Å². The number of hydrogen-bond donors (Lipinski definition) is 1. The molecule has 1 heterocycles. The molecule has 1 unspecified atom stereocenters. The molecule has 0 spiro atoms. The molecule has 0 radical (unpaired) electrons. The predicted octanol–water partition coefficient (Wildman–Crippen LogP) is 3.68. The van der Waals surface area contributed by atoms with Crippen molar-refractivity contribution in [3.05, 3.63) is 52.0 Å². The quantitative estimate of drug-likeness (QED) is 0.655. The van der Waals surface area contributed by atoms with Crippen molar-refractivity contribution in [3.63, 3.8) is 0 Å². The van der Waals surface area contributed by atoms with Crippen LogP contribution in [0.4, 0.5) is 5.69 Å². The number of benzene rings is 2. The predicted molar refractivity (Wildman–Crippen MR) is 109 cm³/mol. The van der Waals surface area contributed by atoms with E-state index in [1.165, 1.54) is 14.2 Å². The lowest BCUT2D eigenvalue weighted by atomic mass is 9.88. The van der Waals surface area contributed by atoms with Gasteiger partial charge in [0.25, 0.3) is 5.91 Å². The molecule has 3 rings (SSSR count). The number of Topliss-reactive ketones (excluding diaryl/α,β-unsaturated/α-hetero) is 1. The third-order valence-corrected chi connectivity index (χ3v) is 5.36. The third kappa shape index (κ3) is 3.40. The second kappa shape index (κ2) is 7.93. The summed E-state index contributed by atoms with van der Waals surface area (Å²) in [4.78, 5) is 27.5. The van der Waals surface area contributed by atoms with Gasteiger partial charge in [0.2, 0.25) is 0 Å². The Bertz CT molecular complexity index is 929. The van der Waals surface area contributed by atoms with Gasteiger partial charge < -0.3 is 19.5 Å². The number of methoxy groups -OCH3 is 2. The second-order valence-corrected chi connectivity index (χ2v) is 7.56. The van der Waals surface area contributed by atoms with Crippen LogP contribution in [0.2, 0.25) is 0 Å². The molecule has 0 fully saturated rings. The first-order valence-corrected chi connectivity index (χ1v) is 9.74. The third-order valence-electron chi connectivity index (χ3n) is 4.86. The maximum Gasteiger partial charge on any atom is 0.264 e. The maximum atomic E-state index is 13.0. The summed E-state index contributed by atoms with van der Waals surface area (Å²) in [7, 11) is 2.99. The van der Waals surface area contributed by atoms with Crippen LogP contribution >= 0.6 is 15.9 Å². The fraction of sp³-hybridized carbons (Fsp3) is 0.333. The van der Waals surface area contributed by atoms with E-state index in [-0.39, 0.29) is 12.2 Å². The van der Waals surface area contributed by atoms with Gasteiger partial charge in [0, 0.05) is 22.1 Å². The minimum atomic E-state index is -1.90. The van der Waals surface area contributed by atoms with Crippen molar-refractivity contribution in [2.45, 2.75) is 25.4 Å². The SMILES string of the molecule is CCCN1C(=O)C(O)(CC(=O)c2ccc(OC)c(OC)c2)c2cc(Br)ccc21. The Labute approximate surface area is 172 Å². The van der Waals surface area contributed by atoms with Crippen molar-refractivity contribution in [1.29, 1.82) is 0 Å². The summed E-state index contributed by atoms with van der Waals surface area (Å²) < 4.78 is 11.2. The lowest BCUT2D eigenvalue weighted by Crippen LogP contribution is -2.42. The Balaban J connectivity index is 1.98. The van der Waals surface area contributed by atoms with Gasteiger partial charge in [-0.25, -0.2) is 0 Å². The number of ether oxygens (including phenoxy) is 2. The van der Waals surface area contributed by atoms with E-state index in [9.17, 15) is 14.7 Å². The Morgan fingerprint density at radius 1 is 1.14 bits per heavy atom. The summed E-state index contributed by atoms with van der Waals surface area (Å²) in [6, 6.07) is 10.1. The Morgan fingerprint density at radius 3 is 2.50 bits per heavy atom. The normalized spacial score (nSPS) is 18.2. The maximum absolute atomic E-state index is 13.0. The van der Waals surface area contributed by atoms with Crippen LogP contribution in [0.15, 0.2) is 40.9 Å². The van der Waals surface area contributed by atoms with Gasteiger partial charge in [-0.1, -0.05) is 22.9 Å². The van der Waals surface area contributed by atoms with E-state index in [1.807, 2.05) is 13.0 Å². The van der Waals surface area contributed by atoms with E-state index >= 15 is 0 Å². The first kappa shape index (κ1) is 20.4. The van der Waals surface area contributed by atoms with Gasteiger partial charge in [0.1, 0.15) is 0 Å². The fourth-order valence-corrected chi connectivity index (χ4v) is 3.84. The second-order valence-electron chi connectivity index (χ2n) is 6.65. The summed E-state index contributed by atoms with van der Waals surface area (Å²) >= 11 is 3.39. The van der Waals surface area contributed by atoms with Crippen LogP contribution in [-0.2, 0) is 10.4 Å². The van der Waals surface area contributed by atoms with Gasteiger partial charge in [-0.2, -0.15) is 0 Å². The number of hydrogen-bond acceptors (Lipinski definition) is 5. The number of carbonyl (C=O) groups is 2. The van der Waals surface area contributed by atoms with Crippen molar-refractivity contribution in [1.82, 2.24) is 0 Å². The molecule has 2 aromatic rings. The van der Waals surface area contributed by atoms with Gasteiger partial charge in [-0.05, 0) is 42.8 Å². The molecule has 1 N–H and O–H groups in total. The monoisotopic (exact) mass is 447 g/mol. The molecule has 0 aliphatic carbocycles. The average molecular weight is 448 g/mol. The van der Waals surface area contributed by atoms with Crippen molar-refractivity contribution in [2.75, 3.05) is 25.7 Å². The number of rotatable bonds is 7. The van der Waals surface area contributed by atoms with Crippen molar-refractivity contribution < 1.29 is 24.2 Å². The van der Waals surface area contributed by atoms with E-state index in [4.69, 9.17) is 9.47 Å². The van der Waals surface area contributed by atoms with E-state index in [0.717, 1.165) is 10.9 Å². The van der Waals surface area contributed by atoms with Crippen LogP contribution in [0.5, 0.6) is 11.5 Å². The molecule has 6 nitrogen and oxygen atoms in total. The first-order chi connectivity index (χ1) is 13.3. The van der Waals surface area contributed by atoms with Gasteiger partial charge in [-0.3, -0.25) is 9.59 Å². The number of nitrogens with zero attached hydrogens (tertiary/aromatic N) is 1. The molecule has 0 saturated heterocycles. The molecule has 0 saturated carbocycles. The molecule has 0 aromatic heterocycles. The summed E-state index contributed by atoms with van der Waals surface area (Å²) in [5, 5.41) is 11.3. The van der Waals surface area contributed by atoms with Gasteiger partial charge in [0.05, 0.1) is 26.3 Å². The number of amides is 1. The van der Waals surface area contributed by atoms with E-state index < -0.39 is 11.5 Å². The smallest absolute Gasteiger partial charge is 0.264 e.